The van der Waals surface area contributed by atoms with Gasteiger partial charge in [-0.2, -0.15) is 0 Å². The minimum absolute atomic E-state index is 0.00397. The van der Waals surface area contributed by atoms with Gasteiger partial charge in [0.15, 0.2) is 0 Å². The van der Waals surface area contributed by atoms with Gasteiger partial charge in [-0.05, 0) is 6.92 Å². The smallest absolute Gasteiger partial charge is 0.319 e. The first-order valence-corrected chi connectivity index (χ1v) is 5.91. The maximum Gasteiger partial charge on any atom is 0.319 e. The third-order valence-electron chi connectivity index (χ3n) is 2.78. The highest BCUT2D eigenvalue weighted by Gasteiger charge is 2.24. The molecule has 1 saturated heterocycles. The van der Waals surface area contributed by atoms with Crippen LogP contribution < -0.4 is 5.73 Å². The van der Waals surface area contributed by atoms with Crippen LogP contribution in [0, 0.1) is 0 Å². The highest BCUT2D eigenvalue weighted by Crippen LogP contribution is 2.06. The molecule has 0 aromatic heterocycles. The van der Waals surface area contributed by atoms with Crippen molar-refractivity contribution in [1.82, 2.24) is 14.7 Å². The normalized spacial score (nSPS) is 17.9. The van der Waals surface area contributed by atoms with Gasteiger partial charge in [0.2, 0.25) is 5.91 Å². The Hall–Kier alpha value is -1.30. The molecule has 0 aliphatic carbocycles. The van der Waals surface area contributed by atoms with Gasteiger partial charge in [-0.3, -0.25) is 4.79 Å². The maximum absolute atomic E-state index is 11.8. The molecule has 1 fully saturated rings. The Balaban J connectivity index is 2.40. The number of hydrogen-bond acceptors (Lipinski definition) is 3. The van der Waals surface area contributed by atoms with Gasteiger partial charge < -0.3 is 20.4 Å². The molecule has 3 amide bonds. The lowest BCUT2D eigenvalue weighted by Gasteiger charge is -2.36. The number of piperazine rings is 1. The van der Waals surface area contributed by atoms with E-state index in [1.54, 1.807) is 28.8 Å². The summed E-state index contributed by atoms with van der Waals surface area (Å²) >= 11 is 0. The molecule has 6 heteroatoms. The fourth-order valence-corrected chi connectivity index (χ4v) is 1.83. The topological polar surface area (TPSA) is 69.9 Å². The van der Waals surface area contributed by atoms with E-state index >= 15 is 0 Å². The van der Waals surface area contributed by atoms with Crippen LogP contribution in [-0.4, -0.2) is 73.0 Å². The number of carbonyl (C=O) groups excluding carboxylic acids is 2. The van der Waals surface area contributed by atoms with Gasteiger partial charge in [0.1, 0.15) is 0 Å². The molecule has 1 aliphatic heterocycles. The highest BCUT2D eigenvalue weighted by molar-refractivity contribution is 5.78. The Morgan fingerprint density at radius 3 is 2.06 bits per heavy atom. The van der Waals surface area contributed by atoms with Crippen LogP contribution >= 0.6 is 0 Å². The first-order valence-electron chi connectivity index (χ1n) is 5.91. The van der Waals surface area contributed by atoms with Crippen molar-refractivity contribution in [1.29, 1.82) is 0 Å². The maximum atomic E-state index is 11.8. The van der Waals surface area contributed by atoms with Crippen LogP contribution in [0.1, 0.15) is 13.3 Å². The fraction of sp³-hybridized carbons (Fsp3) is 0.818. The Kier molecular flexibility index (Phi) is 4.74. The monoisotopic (exact) mass is 242 g/mol. The van der Waals surface area contributed by atoms with Gasteiger partial charge in [-0.15, -0.1) is 0 Å². The largest absolute Gasteiger partial charge is 0.339 e. The molecule has 1 atom stereocenters. The number of amides is 3. The van der Waals surface area contributed by atoms with Gasteiger partial charge in [0.25, 0.3) is 0 Å². The number of nitrogens with zero attached hydrogens (tertiary/aromatic N) is 3. The molecule has 17 heavy (non-hydrogen) atoms. The summed E-state index contributed by atoms with van der Waals surface area (Å²) in [6.07, 6.45) is 0.377. The van der Waals surface area contributed by atoms with E-state index in [0.29, 0.717) is 32.6 Å². The van der Waals surface area contributed by atoms with Gasteiger partial charge in [-0.25, -0.2) is 4.79 Å². The molecule has 1 heterocycles. The molecule has 2 N–H and O–H groups in total. The van der Waals surface area contributed by atoms with Crippen molar-refractivity contribution in [3.8, 4) is 0 Å². The summed E-state index contributed by atoms with van der Waals surface area (Å²) in [4.78, 5) is 28.5. The molecule has 0 radical (unpaired) electrons. The van der Waals surface area contributed by atoms with E-state index in [1.165, 1.54) is 0 Å². The molecule has 1 unspecified atom stereocenters. The van der Waals surface area contributed by atoms with Crippen LogP contribution in [0.3, 0.4) is 0 Å². The first-order chi connectivity index (χ1) is 7.91. The standard InChI is InChI=1S/C11H22N4O2/c1-9(12)8-10(16)14-4-6-15(7-5-14)11(17)13(2)3/h9H,4-8,12H2,1-3H3. The second-order valence-corrected chi connectivity index (χ2v) is 4.73. The molecule has 0 saturated carbocycles. The molecule has 98 valence electrons. The summed E-state index contributed by atoms with van der Waals surface area (Å²) < 4.78 is 0. The average Bonchev–Trinajstić information content (AvgIpc) is 2.27. The summed E-state index contributed by atoms with van der Waals surface area (Å²) in [7, 11) is 3.46. The lowest BCUT2D eigenvalue weighted by molar-refractivity contribution is -0.132. The third-order valence-corrected chi connectivity index (χ3v) is 2.78. The van der Waals surface area contributed by atoms with E-state index < -0.39 is 0 Å². The predicted molar refractivity (Wildman–Crippen MR) is 65.5 cm³/mol. The zero-order valence-electron chi connectivity index (χ0n) is 10.8. The number of nitrogens with two attached hydrogens (primary N) is 1. The highest BCUT2D eigenvalue weighted by atomic mass is 16.2. The van der Waals surface area contributed by atoms with Crippen LogP contribution in [0.5, 0.6) is 0 Å². The minimum Gasteiger partial charge on any atom is -0.339 e. The van der Waals surface area contributed by atoms with Crippen molar-refractivity contribution in [3.63, 3.8) is 0 Å². The van der Waals surface area contributed by atoms with Gasteiger partial charge in [-0.1, -0.05) is 0 Å². The zero-order valence-corrected chi connectivity index (χ0v) is 10.8. The Bertz CT molecular complexity index is 283. The van der Waals surface area contributed by atoms with E-state index in [1.807, 2.05) is 6.92 Å². The summed E-state index contributed by atoms with van der Waals surface area (Å²) in [5, 5.41) is 0. The van der Waals surface area contributed by atoms with Gasteiger partial charge in [0, 0.05) is 52.7 Å². The van der Waals surface area contributed by atoms with Gasteiger partial charge >= 0.3 is 6.03 Å². The van der Waals surface area contributed by atoms with Crippen LogP contribution in [0.4, 0.5) is 4.79 Å². The van der Waals surface area contributed by atoms with Crippen LogP contribution in [-0.2, 0) is 4.79 Å². The van der Waals surface area contributed by atoms with E-state index in [0.717, 1.165) is 0 Å². The third kappa shape index (κ3) is 3.89. The van der Waals surface area contributed by atoms with E-state index in [-0.39, 0.29) is 18.0 Å². The summed E-state index contributed by atoms with van der Waals surface area (Å²) in [6.45, 7) is 4.23. The minimum atomic E-state index is -0.107. The number of hydrogen-bond donors (Lipinski definition) is 1. The Morgan fingerprint density at radius 1 is 1.18 bits per heavy atom. The lowest BCUT2D eigenvalue weighted by Crippen LogP contribution is -2.53. The second kappa shape index (κ2) is 5.86. The summed E-state index contributed by atoms with van der Waals surface area (Å²) in [6, 6.07) is -0.103. The Morgan fingerprint density at radius 2 is 1.65 bits per heavy atom. The van der Waals surface area contributed by atoms with Gasteiger partial charge in [0.05, 0.1) is 0 Å². The van der Waals surface area contributed by atoms with E-state index in [9.17, 15) is 9.59 Å². The molecule has 0 aromatic carbocycles. The van der Waals surface area contributed by atoms with Crippen molar-refractivity contribution in [3.05, 3.63) is 0 Å². The van der Waals surface area contributed by atoms with Crippen molar-refractivity contribution in [2.24, 2.45) is 5.73 Å². The van der Waals surface area contributed by atoms with Crippen molar-refractivity contribution in [2.75, 3.05) is 40.3 Å². The molecular formula is C11H22N4O2. The number of rotatable bonds is 2. The molecular weight excluding hydrogens is 220 g/mol. The molecule has 0 bridgehead atoms. The molecule has 1 rings (SSSR count). The summed E-state index contributed by atoms with van der Waals surface area (Å²) in [5.74, 6) is 0.0805. The number of urea groups is 1. The zero-order chi connectivity index (χ0) is 13.0. The fourth-order valence-electron chi connectivity index (χ4n) is 1.83. The first kappa shape index (κ1) is 13.8. The van der Waals surface area contributed by atoms with Crippen molar-refractivity contribution < 1.29 is 9.59 Å². The lowest BCUT2D eigenvalue weighted by atomic mass is 10.2. The van der Waals surface area contributed by atoms with E-state index in [2.05, 4.69) is 0 Å². The Labute approximate surface area is 102 Å². The predicted octanol–water partition coefficient (Wildman–Crippen LogP) is -0.450. The van der Waals surface area contributed by atoms with Crippen LogP contribution in [0.2, 0.25) is 0 Å². The molecule has 0 spiro atoms. The van der Waals surface area contributed by atoms with Crippen LogP contribution in [0.25, 0.3) is 0 Å². The quantitative estimate of drug-likeness (QED) is 0.713. The second-order valence-electron chi connectivity index (χ2n) is 4.73. The summed E-state index contributed by atoms with van der Waals surface area (Å²) in [5.41, 5.74) is 5.60. The van der Waals surface area contributed by atoms with Crippen molar-refractivity contribution >= 4 is 11.9 Å². The SMILES string of the molecule is CC(N)CC(=O)N1CCN(C(=O)N(C)C)CC1. The average molecular weight is 242 g/mol. The number of carbonyl (C=O) groups is 2. The van der Waals surface area contributed by atoms with E-state index in [4.69, 9.17) is 5.73 Å². The van der Waals surface area contributed by atoms with Crippen molar-refractivity contribution in [2.45, 2.75) is 19.4 Å². The molecule has 1 aliphatic rings. The molecule has 6 nitrogen and oxygen atoms in total. The van der Waals surface area contributed by atoms with Crippen LogP contribution in [0.15, 0.2) is 0 Å². The molecule has 0 aromatic rings.